The minimum absolute atomic E-state index is 0.212. The number of nitrogens with zero attached hydrogens (tertiary/aromatic N) is 2. The molecule has 11 heavy (non-hydrogen) atoms. The fraction of sp³-hybridized carbons (Fsp3) is 0.600. The predicted molar refractivity (Wildman–Crippen MR) is 43.3 cm³/mol. The first-order valence-corrected chi connectivity index (χ1v) is 4.32. The number of hydrogen-bond acceptors (Lipinski definition) is 4. The minimum Gasteiger partial charge on any atom is -0.480 e. The third-order valence-electron chi connectivity index (χ3n) is 1.53. The Morgan fingerprint density at radius 3 is 3.18 bits per heavy atom. The molecule has 1 fully saturated rings. The van der Waals surface area contributed by atoms with E-state index < -0.39 is 12.0 Å². The predicted octanol–water partition coefficient (Wildman–Crippen LogP) is -0.722. The zero-order valence-corrected chi connectivity index (χ0v) is 6.67. The normalized spacial score (nSPS) is 24.5. The molecule has 1 rings (SSSR count). The summed E-state index contributed by atoms with van der Waals surface area (Å²) in [7, 11) is 0.212. The van der Waals surface area contributed by atoms with Crippen LogP contribution in [0, 0.1) is 11.2 Å². The molecule has 1 N–H and O–H groups in total. The molecular formula is C5H7BN2O2S. The summed E-state index contributed by atoms with van der Waals surface area (Å²) in [6.07, 6.45) is 0. The molecule has 1 atom stereocenters. The Labute approximate surface area is 69.4 Å². The van der Waals surface area contributed by atoms with Crippen molar-refractivity contribution in [2.75, 3.05) is 11.6 Å². The van der Waals surface area contributed by atoms with Gasteiger partial charge in [0.2, 0.25) is 0 Å². The van der Waals surface area contributed by atoms with Crippen molar-refractivity contribution in [3.05, 3.63) is 0 Å². The molecule has 0 bridgehead atoms. The maximum absolute atomic E-state index is 10.5. The van der Waals surface area contributed by atoms with Crippen LogP contribution < -0.4 is 0 Å². The van der Waals surface area contributed by atoms with Crippen LogP contribution in [0.15, 0.2) is 0 Å². The van der Waals surface area contributed by atoms with E-state index in [9.17, 15) is 4.79 Å². The van der Waals surface area contributed by atoms with E-state index in [2.05, 4.69) is 0 Å². The number of nitriles is 1. The minimum atomic E-state index is -0.828. The monoisotopic (exact) mass is 170 g/mol. The van der Waals surface area contributed by atoms with Crippen molar-refractivity contribution in [2.24, 2.45) is 0 Å². The van der Waals surface area contributed by atoms with Gasteiger partial charge in [0.05, 0.1) is 0 Å². The van der Waals surface area contributed by atoms with Crippen molar-refractivity contribution in [3.63, 3.8) is 0 Å². The van der Waals surface area contributed by atoms with E-state index in [-0.39, 0.29) is 7.41 Å². The molecule has 1 aliphatic rings. The molecule has 0 spiro atoms. The van der Waals surface area contributed by atoms with Crippen molar-refractivity contribution in [1.29, 1.82) is 5.26 Å². The van der Waals surface area contributed by atoms with Crippen LogP contribution in [0.3, 0.4) is 0 Å². The summed E-state index contributed by atoms with van der Waals surface area (Å²) in [6, 6.07) is -0.459. The van der Waals surface area contributed by atoms with Gasteiger partial charge in [0.25, 0.3) is 0 Å². The van der Waals surface area contributed by atoms with E-state index >= 15 is 0 Å². The molecule has 0 aromatic rings. The van der Waals surface area contributed by atoms with Crippen molar-refractivity contribution in [3.8, 4) is 5.97 Å². The highest BCUT2D eigenvalue weighted by Gasteiger charge is 2.30. The van der Waals surface area contributed by atoms with Gasteiger partial charge >= 0.3 is 13.4 Å². The lowest BCUT2D eigenvalue weighted by atomic mass is 9.93. The Morgan fingerprint density at radius 2 is 2.64 bits per heavy atom. The highest BCUT2D eigenvalue weighted by atomic mass is 32.2. The third kappa shape index (κ3) is 1.88. The van der Waals surface area contributed by atoms with Gasteiger partial charge in [0.15, 0.2) is 0 Å². The molecule has 4 nitrogen and oxygen atoms in total. The van der Waals surface area contributed by atoms with Crippen LogP contribution >= 0.6 is 11.8 Å². The Balaban J connectivity index is 2.52. The largest absolute Gasteiger partial charge is 0.480 e. The lowest BCUT2D eigenvalue weighted by molar-refractivity contribution is -0.140. The third-order valence-corrected chi connectivity index (χ3v) is 2.60. The Hall–Kier alpha value is -0.665. The number of carboxylic acid groups (broad SMARTS) is 1. The van der Waals surface area contributed by atoms with Crippen molar-refractivity contribution >= 4 is 25.1 Å². The molecule has 0 radical (unpaired) electrons. The highest BCUT2D eigenvalue weighted by Crippen LogP contribution is 2.19. The summed E-state index contributed by atoms with van der Waals surface area (Å²) in [5.41, 5.74) is 0. The molecule has 0 amide bonds. The molecule has 1 unspecified atom stereocenters. The standard InChI is InChI=1S/C5H7BN2O2S/c7-2-6-8-3-11-1-4(8)5(9)10/h4,6H,1,3H2,(H,9,10). The molecule has 6 heteroatoms. The van der Waals surface area contributed by atoms with Crippen LogP contribution in [0.1, 0.15) is 0 Å². The zero-order valence-electron chi connectivity index (χ0n) is 5.86. The second-order valence-corrected chi connectivity index (χ2v) is 3.26. The summed E-state index contributed by atoms with van der Waals surface area (Å²) >= 11 is 1.55. The van der Waals surface area contributed by atoms with E-state index in [0.717, 1.165) is 0 Å². The van der Waals surface area contributed by atoms with Gasteiger partial charge in [-0.05, 0) is 0 Å². The van der Waals surface area contributed by atoms with Gasteiger partial charge in [-0.25, -0.2) is 5.26 Å². The van der Waals surface area contributed by atoms with E-state index in [1.807, 2.05) is 5.97 Å². The molecule has 0 aromatic heterocycles. The van der Waals surface area contributed by atoms with Crippen LogP contribution in [0.2, 0.25) is 0 Å². The lowest BCUT2D eigenvalue weighted by Crippen LogP contribution is -2.39. The van der Waals surface area contributed by atoms with Gasteiger partial charge in [-0.1, -0.05) is 0 Å². The number of hydrogen-bond donors (Lipinski definition) is 1. The molecule has 58 valence electrons. The fourth-order valence-corrected chi connectivity index (χ4v) is 2.14. The first-order chi connectivity index (χ1) is 5.25. The van der Waals surface area contributed by atoms with Crippen LogP contribution in [0.5, 0.6) is 0 Å². The van der Waals surface area contributed by atoms with Crippen LogP contribution in [0.25, 0.3) is 0 Å². The number of carboxylic acids is 1. The van der Waals surface area contributed by atoms with Crippen LogP contribution in [0.4, 0.5) is 0 Å². The van der Waals surface area contributed by atoms with Gasteiger partial charge in [-0.2, -0.15) is 0 Å². The summed E-state index contributed by atoms with van der Waals surface area (Å²) < 4.78 is 0. The smallest absolute Gasteiger partial charge is 0.332 e. The Kier molecular flexibility index (Phi) is 2.80. The average molecular weight is 170 g/mol. The van der Waals surface area contributed by atoms with Gasteiger partial charge in [0.1, 0.15) is 6.04 Å². The van der Waals surface area contributed by atoms with Crippen molar-refractivity contribution in [2.45, 2.75) is 6.04 Å². The van der Waals surface area contributed by atoms with Gasteiger partial charge in [-0.15, -0.1) is 11.8 Å². The first kappa shape index (κ1) is 8.43. The second-order valence-electron chi connectivity index (χ2n) is 2.26. The van der Waals surface area contributed by atoms with E-state index in [4.69, 9.17) is 10.4 Å². The van der Waals surface area contributed by atoms with Gasteiger partial charge in [0, 0.05) is 17.6 Å². The van der Waals surface area contributed by atoms with Crippen molar-refractivity contribution in [1.82, 2.24) is 4.81 Å². The van der Waals surface area contributed by atoms with Gasteiger partial charge in [-0.3, -0.25) is 4.79 Å². The zero-order chi connectivity index (χ0) is 8.27. The van der Waals surface area contributed by atoms with Gasteiger partial charge < -0.3 is 9.92 Å². The molecule has 0 aliphatic carbocycles. The van der Waals surface area contributed by atoms with Crippen molar-refractivity contribution < 1.29 is 9.90 Å². The van der Waals surface area contributed by atoms with E-state index in [1.165, 1.54) is 0 Å². The highest BCUT2D eigenvalue weighted by molar-refractivity contribution is 7.99. The van der Waals surface area contributed by atoms with Crippen LogP contribution in [-0.4, -0.2) is 41.0 Å². The topological polar surface area (TPSA) is 64.3 Å². The second kappa shape index (κ2) is 3.65. The summed E-state index contributed by atoms with van der Waals surface area (Å²) in [5, 5.41) is 17.0. The molecule has 1 aliphatic heterocycles. The number of aliphatic carboxylic acids is 1. The van der Waals surface area contributed by atoms with Crippen LogP contribution in [-0.2, 0) is 4.79 Å². The molecule has 1 saturated heterocycles. The lowest BCUT2D eigenvalue weighted by Gasteiger charge is -2.14. The number of rotatable bonds is 2. The summed E-state index contributed by atoms with van der Waals surface area (Å²) in [6.45, 7) is 0. The summed E-state index contributed by atoms with van der Waals surface area (Å²) in [5.74, 6) is 2.37. The quantitative estimate of drug-likeness (QED) is 0.554. The first-order valence-electron chi connectivity index (χ1n) is 3.17. The SMILES string of the molecule is N#CBN1CSCC1C(=O)O. The molecule has 0 saturated carbocycles. The fourth-order valence-electron chi connectivity index (χ4n) is 0.951. The molecular weight excluding hydrogens is 163 g/mol. The maximum atomic E-state index is 10.5. The Bertz CT molecular complexity index is 205. The van der Waals surface area contributed by atoms with E-state index in [0.29, 0.717) is 11.6 Å². The molecule has 0 aromatic carbocycles. The molecule has 1 heterocycles. The summed E-state index contributed by atoms with van der Waals surface area (Å²) in [4.78, 5) is 12.2. The number of carbonyl (C=O) groups is 1. The Morgan fingerprint density at radius 1 is 1.91 bits per heavy atom. The van der Waals surface area contributed by atoms with E-state index in [1.54, 1.807) is 16.6 Å². The maximum Gasteiger partial charge on any atom is 0.332 e. The number of thioether (sulfide) groups is 1. The average Bonchev–Trinajstić information content (AvgIpc) is 2.36.